The second-order valence-electron chi connectivity index (χ2n) is 3.30. The van der Waals surface area contributed by atoms with Gasteiger partial charge in [0.05, 0.1) is 0 Å². The second kappa shape index (κ2) is 2.77. The van der Waals surface area contributed by atoms with Crippen LogP contribution in [0.1, 0.15) is 24.6 Å². The third-order valence-corrected chi connectivity index (χ3v) is 2.50. The summed E-state index contributed by atoms with van der Waals surface area (Å²) in [5.74, 6) is 0. The van der Waals surface area contributed by atoms with E-state index >= 15 is 0 Å². The zero-order valence-corrected chi connectivity index (χ0v) is 7.34. The van der Waals surface area contributed by atoms with E-state index in [0.29, 0.717) is 0 Å². The van der Waals surface area contributed by atoms with Crippen LogP contribution in [0.25, 0.3) is 0 Å². The molecule has 64 valence electrons. The third-order valence-electron chi connectivity index (χ3n) is 2.50. The monoisotopic (exact) mass is 163 g/mol. The maximum atomic E-state index is 11.5. The minimum atomic E-state index is 0.182. The molecule has 0 saturated carbocycles. The van der Waals surface area contributed by atoms with Crippen molar-refractivity contribution in [3.63, 3.8) is 0 Å². The Morgan fingerprint density at radius 2 is 2.33 bits per heavy atom. The van der Waals surface area contributed by atoms with Crippen LogP contribution in [0.3, 0.4) is 0 Å². The average molecular weight is 163 g/mol. The Hall–Kier alpha value is -1.05. The van der Waals surface area contributed by atoms with Gasteiger partial charge in [0.2, 0.25) is 0 Å². The van der Waals surface area contributed by atoms with E-state index in [4.69, 9.17) is 0 Å². The molecule has 1 aliphatic heterocycles. The van der Waals surface area contributed by atoms with E-state index in [1.165, 1.54) is 11.3 Å². The summed E-state index contributed by atoms with van der Waals surface area (Å²) < 4.78 is 1.89. The molecule has 0 saturated heterocycles. The normalized spacial score (nSPS) is 14.8. The molecule has 2 heterocycles. The van der Waals surface area contributed by atoms with E-state index < -0.39 is 0 Å². The molecular weight excluding hydrogens is 150 g/mol. The molecule has 0 fully saturated rings. The lowest BCUT2D eigenvalue weighted by molar-refractivity contribution is 0.719. The Morgan fingerprint density at radius 1 is 1.50 bits per heavy atom. The van der Waals surface area contributed by atoms with Gasteiger partial charge >= 0.3 is 0 Å². The maximum absolute atomic E-state index is 11.5. The molecule has 0 radical (unpaired) electrons. The van der Waals surface area contributed by atoms with Crippen LogP contribution in [0.2, 0.25) is 0 Å². The molecule has 2 rings (SSSR count). The fourth-order valence-electron chi connectivity index (χ4n) is 1.79. The first kappa shape index (κ1) is 7.59. The Labute approximate surface area is 71.8 Å². The molecule has 0 spiro atoms. The highest BCUT2D eigenvalue weighted by Crippen LogP contribution is 2.12. The molecule has 2 heteroatoms. The van der Waals surface area contributed by atoms with Crippen molar-refractivity contribution in [2.24, 2.45) is 0 Å². The third kappa shape index (κ3) is 1.07. The fraction of sp³-hybridized carbons (Fsp3) is 0.500. The van der Waals surface area contributed by atoms with Crippen molar-refractivity contribution in [3.8, 4) is 0 Å². The Kier molecular flexibility index (Phi) is 1.75. The molecule has 0 bridgehead atoms. The molecule has 2 nitrogen and oxygen atoms in total. The van der Waals surface area contributed by atoms with Crippen molar-refractivity contribution in [2.45, 2.75) is 32.7 Å². The van der Waals surface area contributed by atoms with Crippen LogP contribution in [0.15, 0.2) is 16.9 Å². The van der Waals surface area contributed by atoms with E-state index in [0.717, 1.165) is 25.8 Å². The highest BCUT2D eigenvalue weighted by Gasteiger charge is 2.11. The Morgan fingerprint density at radius 3 is 3.08 bits per heavy atom. The van der Waals surface area contributed by atoms with E-state index in [1.54, 1.807) is 6.07 Å². The molecule has 1 aromatic rings. The smallest absolute Gasteiger partial charge is 0.250 e. The van der Waals surface area contributed by atoms with Gasteiger partial charge in [-0.3, -0.25) is 4.79 Å². The van der Waals surface area contributed by atoms with Crippen molar-refractivity contribution in [1.82, 2.24) is 4.57 Å². The van der Waals surface area contributed by atoms with Crippen LogP contribution in [-0.4, -0.2) is 4.57 Å². The van der Waals surface area contributed by atoms with Crippen LogP contribution in [0.5, 0.6) is 0 Å². The first-order chi connectivity index (χ1) is 5.81. The van der Waals surface area contributed by atoms with Gasteiger partial charge < -0.3 is 4.57 Å². The van der Waals surface area contributed by atoms with Gasteiger partial charge in [-0.1, -0.05) is 6.92 Å². The quantitative estimate of drug-likeness (QED) is 0.612. The first-order valence-electron chi connectivity index (χ1n) is 4.54. The van der Waals surface area contributed by atoms with Crippen molar-refractivity contribution in [1.29, 1.82) is 0 Å². The standard InChI is InChI=1S/C10H13NO/c1-2-8-6-9-4-3-5-11(9)10(12)7-8/h6-7H,2-5H2,1H3. The van der Waals surface area contributed by atoms with Gasteiger partial charge in [-0.25, -0.2) is 0 Å². The first-order valence-corrected chi connectivity index (χ1v) is 4.54. The van der Waals surface area contributed by atoms with Crippen LogP contribution in [0.4, 0.5) is 0 Å². The van der Waals surface area contributed by atoms with Gasteiger partial charge in [0.25, 0.3) is 5.56 Å². The SMILES string of the molecule is CCc1cc2n(c(=O)c1)CCC2. The number of nitrogens with zero attached hydrogens (tertiary/aromatic N) is 1. The predicted octanol–water partition coefficient (Wildman–Crippen LogP) is 1.36. The van der Waals surface area contributed by atoms with Crippen molar-refractivity contribution < 1.29 is 0 Å². The average Bonchev–Trinajstić information content (AvgIpc) is 2.52. The molecule has 1 aliphatic rings. The van der Waals surface area contributed by atoms with E-state index in [2.05, 4.69) is 13.0 Å². The number of hydrogen-bond acceptors (Lipinski definition) is 1. The molecule has 0 aromatic carbocycles. The van der Waals surface area contributed by atoms with E-state index in [9.17, 15) is 4.79 Å². The molecule has 0 atom stereocenters. The Balaban J connectivity index is 2.59. The summed E-state index contributed by atoms with van der Waals surface area (Å²) >= 11 is 0. The zero-order valence-electron chi connectivity index (χ0n) is 7.34. The van der Waals surface area contributed by atoms with Crippen LogP contribution in [0, 0.1) is 0 Å². The number of hydrogen-bond donors (Lipinski definition) is 0. The van der Waals surface area contributed by atoms with E-state index in [1.807, 2.05) is 4.57 Å². The lowest BCUT2D eigenvalue weighted by Crippen LogP contribution is -2.18. The lowest BCUT2D eigenvalue weighted by Gasteiger charge is -2.03. The van der Waals surface area contributed by atoms with Gasteiger partial charge in [0.15, 0.2) is 0 Å². The molecule has 12 heavy (non-hydrogen) atoms. The van der Waals surface area contributed by atoms with Gasteiger partial charge in [0.1, 0.15) is 0 Å². The topological polar surface area (TPSA) is 22.0 Å². The summed E-state index contributed by atoms with van der Waals surface area (Å²) in [5, 5.41) is 0. The largest absolute Gasteiger partial charge is 0.313 e. The van der Waals surface area contributed by atoms with Crippen LogP contribution in [-0.2, 0) is 19.4 Å². The van der Waals surface area contributed by atoms with Gasteiger partial charge in [-0.05, 0) is 30.9 Å². The minimum Gasteiger partial charge on any atom is -0.313 e. The number of aromatic nitrogens is 1. The maximum Gasteiger partial charge on any atom is 0.250 e. The minimum absolute atomic E-state index is 0.182. The summed E-state index contributed by atoms with van der Waals surface area (Å²) in [5.41, 5.74) is 2.58. The summed E-state index contributed by atoms with van der Waals surface area (Å²) in [7, 11) is 0. The van der Waals surface area contributed by atoms with Crippen molar-refractivity contribution in [3.05, 3.63) is 33.7 Å². The van der Waals surface area contributed by atoms with Crippen LogP contribution >= 0.6 is 0 Å². The van der Waals surface area contributed by atoms with E-state index in [-0.39, 0.29) is 5.56 Å². The van der Waals surface area contributed by atoms with Gasteiger partial charge in [0, 0.05) is 18.3 Å². The highest BCUT2D eigenvalue weighted by molar-refractivity contribution is 5.19. The molecule has 1 aromatic heterocycles. The predicted molar refractivity (Wildman–Crippen MR) is 48.4 cm³/mol. The summed E-state index contributed by atoms with van der Waals surface area (Å²) in [4.78, 5) is 11.5. The molecule has 0 amide bonds. The second-order valence-corrected chi connectivity index (χ2v) is 3.30. The molecule has 0 N–H and O–H groups in total. The Bertz CT molecular complexity index is 351. The van der Waals surface area contributed by atoms with Crippen molar-refractivity contribution in [2.75, 3.05) is 0 Å². The molecular formula is C10H13NO. The van der Waals surface area contributed by atoms with Gasteiger partial charge in [-0.15, -0.1) is 0 Å². The highest BCUT2D eigenvalue weighted by atomic mass is 16.1. The summed E-state index contributed by atoms with van der Waals surface area (Å²) in [6.45, 7) is 3.00. The van der Waals surface area contributed by atoms with Crippen LogP contribution < -0.4 is 5.56 Å². The zero-order chi connectivity index (χ0) is 8.55. The molecule has 0 unspecified atom stereocenters. The number of pyridine rings is 1. The number of rotatable bonds is 1. The van der Waals surface area contributed by atoms with Crippen molar-refractivity contribution >= 4 is 0 Å². The number of fused-ring (bicyclic) bond motifs is 1. The summed E-state index contributed by atoms with van der Waals surface area (Å²) in [6.07, 6.45) is 3.16. The van der Waals surface area contributed by atoms with Gasteiger partial charge in [-0.2, -0.15) is 0 Å². The summed E-state index contributed by atoms with van der Waals surface area (Å²) in [6, 6.07) is 3.92. The molecule has 0 aliphatic carbocycles. The lowest BCUT2D eigenvalue weighted by atomic mass is 10.1. The fourth-order valence-corrected chi connectivity index (χ4v) is 1.79. The number of aryl methyl sites for hydroxylation is 2.